The highest BCUT2D eigenvalue weighted by Crippen LogP contribution is 2.44. The maximum atomic E-state index is 14.8. The summed E-state index contributed by atoms with van der Waals surface area (Å²) >= 11 is 0. The third kappa shape index (κ3) is 9.34. The number of unbranched alkanes of at least 4 members (excludes halogenated alkanes) is 4. The molecule has 0 radical (unpaired) electrons. The fraction of sp³-hybridized carbons (Fsp3) is 0.711. The lowest BCUT2D eigenvalue weighted by Gasteiger charge is -2.23. The van der Waals surface area contributed by atoms with Gasteiger partial charge in [0.05, 0.1) is 27.2 Å². The minimum absolute atomic E-state index is 0.210. The Morgan fingerprint density at radius 2 is 1.15 bits per heavy atom. The zero-order valence-corrected chi connectivity index (χ0v) is 34.2. The zero-order valence-electron chi connectivity index (χ0n) is 34.2. The average Bonchev–Trinajstić information content (AvgIpc) is 3.43. The molecule has 0 bridgehead atoms. The maximum Gasteiger partial charge on any atom is 0.263 e. The smallest absolute Gasteiger partial charge is 0.263 e. The molecule has 4 unspecified atom stereocenters. The third-order valence-electron chi connectivity index (χ3n) is 12.2. The molecule has 1 aliphatic heterocycles. The van der Waals surface area contributed by atoms with Gasteiger partial charge in [-0.1, -0.05) is 132 Å². The second kappa shape index (κ2) is 20.4. The molecule has 52 heavy (non-hydrogen) atoms. The van der Waals surface area contributed by atoms with Gasteiger partial charge in [0.25, 0.3) is 11.1 Å². The Balaban J connectivity index is 2.09. The van der Waals surface area contributed by atoms with Gasteiger partial charge in [-0.3, -0.25) is 19.1 Å². The monoisotopic (exact) mass is 717 g/mol. The minimum Gasteiger partial charge on any atom is -0.494 e. The zero-order chi connectivity index (χ0) is 37.8. The van der Waals surface area contributed by atoms with Gasteiger partial charge in [-0.25, -0.2) is 0 Å². The van der Waals surface area contributed by atoms with Crippen LogP contribution in [-0.4, -0.2) is 27.3 Å². The van der Waals surface area contributed by atoms with Gasteiger partial charge in [0.15, 0.2) is 0 Å². The van der Waals surface area contributed by atoms with Crippen LogP contribution in [0.5, 0.6) is 5.88 Å². The first-order chi connectivity index (χ1) is 25.2. The molecule has 0 spiro atoms. The second-order valence-electron chi connectivity index (χ2n) is 15.9. The number of anilines is 1. The number of nitrogens with zero attached hydrogens (tertiary/aromatic N) is 3. The third-order valence-corrected chi connectivity index (χ3v) is 12.2. The van der Waals surface area contributed by atoms with Crippen LogP contribution in [0.15, 0.2) is 26.7 Å². The predicted octanol–water partition coefficient (Wildman–Crippen LogP) is 11.2. The summed E-state index contributed by atoms with van der Waals surface area (Å²) in [6.45, 7) is 20.3. The van der Waals surface area contributed by atoms with Crippen molar-refractivity contribution in [2.24, 2.45) is 28.7 Å². The number of aromatic nitrogens is 2. The van der Waals surface area contributed by atoms with E-state index in [2.05, 4.69) is 71.3 Å². The molecule has 2 aliphatic rings. The molecule has 7 nitrogen and oxygen atoms in total. The number of hydrogen-bond donors (Lipinski definition) is 2. The number of nitrogens with one attached hydrogen (secondary N) is 1. The van der Waals surface area contributed by atoms with Gasteiger partial charge < -0.3 is 15.0 Å². The fourth-order valence-electron chi connectivity index (χ4n) is 8.36. The molecule has 0 amide bonds. The van der Waals surface area contributed by atoms with Crippen molar-refractivity contribution >= 4 is 27.4 Å². The van der Waals surface area contributed by atoms with Crippen LogP contribution in [-0.2, 0) is 13.1 Å². The summed E-state index contributed by atoms with van der Waals surface area (Å²) in [5, 5.41) is 18.8. The van der Waals surface area contributed by atoms with Crippen LogP contribution in [0.1, 0.15) is 158 Å². The van der Waals surface area contributed by atoms with E-state index in [1.807, 2.05) is 6.07 Å². The molecule has 2 aromatic rings. The first-order valence-electron chi connectivity index (χ1n) is 21.5. The largest absolute Gasteiger partial charge is 0.494 e. The van der Waals surface area contributed by atoms with Crippen molar-refractivity contribution in [3.63, 3.8) is 0 Å². The highest BCUT2D eigenvalue weighted by Gasteiger charge is 2.31. The molecular formula is C45H72N4O3. The van der Waals surface area contributed by atoms with Crippen molar-refractivity contribution in [2.75, 3.05) is 18.4 Å². The van der Waals surface area contributed by atoms with Crippen LogP contribution in [0.4, 0.5) is 5.69 Å². The van der Waals surface area contributed by atoms with E-state index < -0.39 is 0 Å². The molecule has 0 saturated heterocycles. The van der Waals surface area contributed by atoms with Gasteiger partial charge in [0.2, 0.25) is 5.88 Å². The normalized spacial score (nSPS) is 15.0. The van der Waals surface area contributed by atoms with Crippen molar-refractivity contribution in [3.05, 3.63) is 38.2 Å². The summed E-state index contributed by atoms with van der Waals surface area (Å²) in [5.74, 6) is 1.79. The molecule has 1 aromatic heterocycles. The lowest BCUT2D eigenvalue weighted by atomic mass is 9.91. The van der Waals surface area contributed by atoms with E-state index in [9.17, 15) is 14.7 Å². The van der Waals surface area contributed by atoms with Crippen LogP contribution in [0.2, 0.25) is 0 Å². The first-order valence-corrected chi connectivity index (χ1v) is 21.5. The van der Waals surface area contributed by atoms with Crippen LogP contribution >= 0.6 is 0 Å². The molecule has 2 N–H and O–H groups in total. The SMILES string of the molecule is CCCCC(CC)CN=c1cc2c(=O)n(CC(CC)CCCC)c(=O)c3c(NCC(CC)CCCC)cc4c(c3-2)c1c(O)n4CC(CC)CCCC. The average molecular weight is 717 g/mol. The molecule has 0 fully saturated rings. The number of pyridine rings is 1. The molecule has 0 saturated carbocycles. The highest BCUT2D eigenvalue weighted by atomic mass is 16.3. The van der Waals surface area contributed by atoms with E-state index in [-0.39, 0.29) is 22.9 Å². The molecule has 4 rings (SSSR count). The molecule has 7 heteroatoms. The Morgan fingerprint density at radius 1 is 0.635 bits per heavy atom. The van der Waals surface area contributed by atoms with Gasteiger partial charge >= 0.3 is 0 Å². The second-order valence-corrected chi connectivity index (χ2v) is 15.9. The predicted molar refractivity (Wildman–Crippen MR) is 223 cm³/mol. The van der Waals surface area contributed by atoms with E-state index in [0.717, 1.165) is 119 Å². The first kappa shape index (κ1) is 41.7. The van der Waals surface area contributed by atoms with Crippen LogP contribution in [0.3, 0.4) is 0 Å². The fourth-order valence-corrected chi connectivity index (χ4v) is 8.36. The summed E-state index contributed by atoms with van der Waals surface area (Å²) in [4.78, 5) is 34.7. The molecule has 1 aromatic carbocycles. The van der Waals surface area contributed by atoms with Crippen LogP contribution in [0, 0.1) is 23.7 Å². The van der Waals surface area contributed by atoms with E-state index in [1.165, 1.54) is 11.0 Å². The van der Waals surface area contributed by atoms with Crippen molar-refractivity contribution in [1.82, 2.24) is 9.13 Å². The molecule has 1 aliphatic carbocycles. The topological polar surface area (TPSA) is 88.6 Å². The van der Waals surface area contributed by atoms with Gasteiger partial charge in [-0.15, -0.1) is 0 Å². The Bertz CT molecular complexity index is 1810. The minimum atomic E-state index is -0.224. The Kier molecular flexibility index (Phi) is 16.3. The Hall–Kier alpha value is -3.09. The summed E-state index contributed by atoms with van der Waals surface area (Å²) in [6.07, 6.45) is 17.5. The summed E-state index contributed by atoms with van der Waals surface area (Å²) in [6, 6.07) is 4.04. The van der Waals surface area contributed by atoms with Crippen molar-refractivity contribution < 1.29 is 5.11 Å². The quantitative estimate of drug-likeness (QED) is 0.0714. The van der Waals surface area contributed by atoms with Gasteiger partial charge in [-0.05, 0) is 61.5 Å². The van der Waals surface area contributed by atoms with Crippen LogP contribution in [0.25, 0.3) is 32.8 Å². The van der Waals surface area contributed by atoms with E-state index in [0.29, 0.717) is 64.6 Å². The molecular weight excluding hydrogens is 645 g/mol. The Labute approximate surface area is 314 Å². The van der Waals surface area contributed by atoms with Crippen molar-refractivity contribution in [2.45, 2.75) is 171 Å². The lowest BCUT2D eigenvalue weighted by molar-refractivity contribution is 0.357. The summed E-state index contributed by atoms with van der Waals surface area (Å²) in [7, 11) is 0. The van der Waals surface area contributed by atoms with Gasteiger partial charge in [0, 0.05) is 42.8 Å². The Morgan fingerprint density at radius 3 is 1.69 bits per heavy atom. The van der Waals surface area contributed by atoms with Gasteiger partial charge in [-0.2, -0.15) is 0 Å². The molecule has 290 valence electrons. The summed E-state index contributed by atoms with van der Waals surface area (Å²) < 4.78 is 3.62. The number of benzene rings is 2. The molecule has 4 atom stereocenters. The number of rotatable bonds is 25. The number of hydrogen-bond acceptors (Lipinski definition) is 5. The lowest BCUT2D eigenvalue weighted by Crippen LogP contribution is -2.38. The van der Waals surface area contributed by atoms with Gasteiger partial charge in [0.1, 0.15) is 0 Å². The summed E-state index contributed by atoms with van der Waals surface area (Å²) in [5.41, 5.74) is 2.48. The van der Waals surface area contributed by atoms with E-state index in [4.69, 9.17) is 4.99 Å². The van der Waals surface area contributed by atoms with Crippen molar-refractivity contribution in [3.8, 4) is 17.0 Å². The van der Waals surface area contributed by atoms with E-state index >= 15 is 0 Å². The maximum absolute atomic E-state index is 14.8. The van der Waals surface area contributed by atoms with Crippen LogP contribution < -0.4 is 21.8 Å². The van der Waals surface area contributed by atoms with E-state index in [1.54, 1.807) is 0 Å². The standard InChI is InChI=1S/C45H72N4O3/c1-9-17-21-31(13-5)27-46-36-25-35-39-40(45(52)49(43(35)50)30-34(16-8)24-20-12-4)37(47-28-32(14-6)22-18-10-2)26-38-42(39)41(36)44(51)48(38)29-33(15-7)23-19-11-3/h25-26,31-34,47,51H,9-24,27-30H2,1-8H3. The van der Waals surface area contributed by atoms with Crippen molar-refractivity contribution in [1.29, 1.82) is 0 Å². The highest BCUT2D eigenvalue weighted by molar-refractivity contribution is 6.19. The molecule has 2 heterocycles. The number of aromatic hydroxyl groups is 1.